The molecular weight excluding hydrogens is 360 g/mol. The topological polar surface area (TPSA) is 102 Å². The van der Waals surface area contributed by atoms with E-state index in [4.69, 9.17) is 11.6 Å². The molecule has 7 nitrogen and oxygen atoms in total. The molecule has 0 bridgehead atoms. The lowest BCUT2D eigenvalue weighted by molar-refractivity contribution is 0.0688. The minimum Gasteiger partial charge on any atom is -0.494 e. The normalized spacial score (nSPS) is 10.7. The number of nitrogens with zero attached hydrogens (tertiary/aromatic N) is 2. The number of rotatable bonds is 4. The molecule has 0 unspecified atom stereocenters. The van der Waals surface area contributed by atoms with Crippen LogP contribution < -0.4 is 11.2 Å². The summed E-state index contributed by atoms with van der Waals surface area (Å²) >= 11 is 5.82. The highest BCUT2D eigenvalue weighted by molar-refractivity contribution is 6.30. The summed E-state index contributed by atoms with van der Waals surface area (Å²) in [6, 6.07) is 14.5. The van der Waals surface area contributed by atoms with Gasteiger partial charge in [0.25, 0.3) is 5.56 Å². The molecule has 26 heavy (non-hydrogen) atoms. The van der Waals surface area contributed by atoms with Crippen molar-refractivity contribution >= 4 is 17.6 Å². The van der Waals surface area contributed by atoms with Crippen molar-refractivity contribution in [1.82, 2.24) is 9.13 Å². The fourth-order valence-electron chi connectivity index (χ4n) is 2.55. The number of halogens is 1. The molecule has 0 saturated carbocycles. The van der Waals surface area contributed by atoms with Crippen LogP contribution in [-0.4, -0.2) is 25.3 Å². The highest BCUT2D eigenvalue weighted by Gasteiger charge is 2.24. The van der Waals surface area contributed by atoms with E-state index in [9.17, 15) is 24.6 Å². The molecular formula is C18H13ClN2O5. The molecule has 0 amide bonds. The number of aromatic hydroxyl groups is 1. The Labute approximate surface area is 152 Å². The molecule has 0 spiro atoms. The van der Waals surface area contributed by atoms with Crippen LogP contribution in [0.1, 0.15) is 15.9 Å². The Morgan fingerprint density at radius 3 is 2.19 bits per heavy atom. The van der Waals surface area contributed by atoms with Crippen LogP contribution in [-0.2, 0) is 6.54 Å². The first-order valence-electron chi connectivity index (χ1n) is 7.52. The second-order valence-electron chi connectivity index (χ2n) is 5.48. The maximum Gasteiger partial charge on any atom is 0.346 e. The lowest BCUT2D eigenvalue weighted by Crippen LogP contribution is -2.41. The van der Waals surface area contributed by atoms with Crippen LogP contribution >= 0.6 is 11.6 Å². The van der Waals surface area contributed by atoms with Gasteiger partial charge in [-0.05, 0) is 29.8 Å². The van der Waals surface area contributed by atoms with Crippen LogP contribution in [0.2, 0.25) is 5.02 Å². The van der Waals surface area contributed by atoms with Gasteiger partial charge in [0, 0.05) is 5.02 Å². The van der Waals surface area contributed by atoms with Gasteiger partial charge in [0.2, 0.25) is 5.88 Å². The largest absolute Gasteiger partial charge is 0.494 e. The average Bonchev–Trinajstić information content (AvgIpc) is 2.61. The van der Waals surface area contributed by atoms with E-state index in [0.29, 0.717) is 15.2 Å². The van der Waals surface area contributed by atoms with Gasteiger partial charge in [-0.25, -0.2) is 14.2 Å². The molecule has 1 heterocycles. The summed E-state index contributed by atoms with van der Waals surface area (Å²) in [6.07, 6.45) is 0. The van der Waals surface area contributed by atoms with Crippen LogP contribution in [0.25, 0.3) is 5.69 Å². The lowest BCUT2D eigenvalue weighted by atomic mass is 10.2. The van der Waals surface area contributed by atoms with Crippen molar-refractivity contribution < 1.29 is 15.0 Å². The summed E-state index contributed by atoms with van der Waals surface area (Å²) < 4.78 is 1.54. The number of aromatic carboxylic acids is 1. The van der Waals surface area contributed by atoms with Crippen LogP contribution in [0, 0.1) is 0 Å². The maximum absolute atomic E-state index is 12.8. The van der Waals surface area contributed by atoms with Crippen molar-refractivity contribution in [2.75, 3.05) is 0 Å². The minimum atomic E-state index is -1.63. The van der Waals surface area contributed by atoms with Gasteiger partial charge in [0.15, 0.2) is 5.56 Å². The van der Waals surface area contributed by atoms with Crippen molar-refractivity contribution in [3.8, 4) is 11.6 Å². The second kappa shape index (κ2) is 6.89. The number of hydrogen-bond acceptors (Lipinski definition) is 4. The van der Waals surface area contributed by atoms with E-state index in [1.54, 1.807) is 30.3 Å². The first-order valence-corrected chi connectivity index (χ1v) is 7.90. The third-order valence-electron chi connectivity index (χ3n) is 3.80. The molecule has 3 aromatic rings. The monoisotopic (exact) mass is 372 g/mol. The third kappa shape index (κ3) is 3.12. The van der Waals surface area contributed by atoms with E-state index >= 15 is 0 Å². The summed E-state index contributed by atoms with van der Waals surface area (Å²) in [5, 5.41) is 20.0. The van der Waals surface area contributed by atoms with Crippen LogP contribution in [0.15, 0.2) is 64.2 Å². The molecule has 0 aliphatic carbocycles. The van der Waals surface area contributed by atoms with Crippen molar-refractivity contribution in [1.29, 1.82) is 0 Å². The average molecular weight is 373 g/mol. The summed E-state index contributed by atoms with van der Waals surface area (Å²) in [4.78, 5) is 36.8. The highest BCUT2D eigenvalue weighted by Crippen LogP contribution is 2.16. The second-order valence-corrected chi connectivity index (χ2v) is 5.91. The quantitative estimate of drug-likeness (QED) is 0.730. The van der Waals surface area contributed by atoms with Gasteiger partial charge >= 0.3 is 11.7 Å². The summed E-state index contributed by atoms with van der Waals surface area (Å²) in [7, 11) is 0. The zero-order chi connectivity index (χ0) is 18.8. The maximum atomic E-state index is 12.8. The molecule has 0 fully saturated rings. The summed E-state index contributed by atoms with van der Waals surface area (Å²) in [5.41, 5.74) is -2.05. The van der Waals surface area contributed by atoms with Crippen molar-refractivity contribution in [3.05, 3.63) is 91.6 Å². The van der Waals surface area contributed by atoms with Crippen LogP contribution in [0.5, 0.6) is 5.88 Å². The Morgan fingerprint density at radius 1 is 1.00 bits per heavy atom. The zero-order valence-electron chi connectivity index (χ0n) is 13.3. The predicted octanol–water partition coefficient (Wildman–Crippen LogP) is 2.10. The molecule has 2 aromatic carbocycles. The molecule has 8 heteroatoms. The Hall–Kier alpha value is -3.32. The van der Waals surface area contributed by atoms with Crippen LogP contribution in [0.4, 0.5) is 0 Å². The molecule has 0 saturated heterocycles. The third-order valence-corrected chi connectivity index (χ3v) is 4.05. The van der Waals surface area contributed by atoms with E-state index in [2.05, 4.69) is 0 Å². The van der Waals surface area contributed by atoms with E-state index < -0.39 is 28.7 Å². The molecule has 3 rings (SSSR count). The summed E-state index contributed by atoms with van der Waals surface area (Å²) in [6.45, 7) is -0.0976. The van der Waals surface area contributed by atoms with Crippen LogP contribution in [0.3, 0.4) is 0 Å². The summed E-state index contributed by atoms with van der Waals surface area (Å²) in [5.74, 6) is -2.52. The molecule has 0 aliphatic rings. The van der Waals surface area contributed by atoms with Gasteiger partial charge in [-0.2, -0.15) is 0 Å². The number of carboxylic acid groups (broad SMARTS) is 1. The Bertz CT molecular complexity index is 1090. The molecule has 0 aliphatic heterocycles. The first kappa shape index (κ1) is 17.5. The number of benzene rings is 2. The minimum absolute atomic E-state index is 0.0976. The Balaban J connectivity index is 2.31. The number of aromatic nitrogens is 2. The van der Waals surface area contributed by atoms with E-state index in [1.807, 2.05) is 0 Å². The smallest absolute Gasteiger partial charge is 0.346 e. The van der Waals surface area contributed by atoms with Gasteiger partial charge in [0.1, 0.15) is 0 Å². The van der Waals surface area contributed by atoms with Gasteiger partial charge in [-0.15, -0.1) is 0 Å². The van der Waals surface area contributed by atoms with Gasteiger partial charge in [-0.3, -0.25) is 9.36 Å². The van der Waals surface area contributed by atoms with Crippen molar-refractivity contribution in [3.63, 3.8) is 0 Å². The van der Waals surface area contributed by atoms with E-state index in [1.165, 1.54) is 24.3 Å². The number of hydrogen-bond donors (Lipinski definition) is 2. The highest BCUT2D eigenvalue weighted by atomic mass is 35.5. The predicted molar refractivity (Wildman–Crippen MR) is 95.5 cm³/mol. The first-order chi connectivity index (χ1) is 12.4. The van der Waals surface area contributed by atoms with Gasteiger partial charge in [-0.1, -0.05) is 41.9 Å². The van der Waals surface area contributed by atoms with Gasteiger partial charge < -0.3 is 10.2 Å². The zero-order valence-corrected chi connectivity index (χ0v) is 14.1. The van der Waals surface area contributed by atoms with Gasteiger partial charge in [0.05, 0.1) is 12.2 Å². The van der Waals surface area contributed by atoms with Crippen molar-refractivity contribution in [2.45, 2.75) is 6.54 Å². The molecule has 0 atom stereocenters. The molecule has 2 N–H and O–H groups in total. The molecule has 1 aromatic heterocycles. The molecule has 0 radical (unpaired) electrons. The lowest BCUT2D eigenvalue weighted by Gasteiger charge is -2.14. The fraction of sp³-hybridized carbons (Fsp3) is 0.0556. The Kier molecular flexibility index (Phi) is 4.64. The SMILES string of the molecule is O=C(O)c1c(O)n(Cc2ccccc2)c(=O)n(-c2ccc(Cl)cc2)c1=O. The fourth-order valence-corrected chi connectivity index (χ4v) is 2.68. The standard InChI is InChI=1S/C18H13ClN2O5/c19-12-6-8-13(9-7-12)21-16(23)14(17(24)25)15(22)20(18(21)26)10-11-4-2-1-3-5-11/h1-9,22H,10H2,(H,24,25). The number of carbonyl (C=O) groups is 1. The van der Waals surface area contributed by atoms with E-state index in [-0.39, 0.29) is 12.2 Å². The molecule has 132 valence electrons. The van der Waals surface area contributed by atoms with Crippen molar-refractivity contribution in [2.24, 2.45) is 0 Å². The number of carboxylic acids is 1. The Morgan fingerprint density at radius 2 is 1.62 bits per heavy atom. The van der Waals surface area contributed by atoms with E-state index in [0.717, 1.165) is 4.57 Å².